The average Bonchev–Trinajstić information content (AvgIpc) is 3.18. The molecule has 0 amide bonds. The van der Waals surface area contributed by atoms with Gasteiger partial charge in [0.1, 0.15) is 6.33 Å². The van der Waals surface area contributed by atoms with Crippen LogP contribution in [0.2, 0.25) is 0 Å². The van der Waals surface area contributed by atoms with Crippen LogP contribution in [-0.4, -0.2) is 37.3 Å². The Hall–Kier alpha value is -2.47. The number of aliphatic hydroxyl groups excluding tert-OH is 1. The first-order valence-corrected chi connectivity index (χ1v) is 7.93. The number of β-amino-alcohol motifs (C(OH)–C–C–N with tert-alkyl or cyclic N) is 1. The minimum absolute atomic E-state index is 0.107. The zero-order chi connectivity index (χ0) is 15.8. The molecule has 0 aliphatic carbocycles. The summed E-state index contributed by atoms with van der Waals surface area (Å²) in [6, 6.07) is 10.4. The smallest absolute Gasteiger partial charge is 0.165 e. The van der Waals surface area contributed by atoms with Gasteiger partial charge in [0.05, 0.1) is 18.5 Å². The van der Waals surface area contributed by atoms with Crippen LogP contribution < -0.4 is 4.90 Å². The van der Waals surface area contributed by atoms with Gasteiger partial charge in [-0.3, -0.25) is 0 Å². The normalized spacial score (nSPS) is 21.2. The van der Waals surface area contributed by atoms with Gasteiger partial charge in [0.2, 0.25) is 0 Å². The lowest BCUT2D eigenvalue weighted by atomic mass is 10.0. The molecule has 1 aromatic carbocycles. The fourth-order valence-electron chi connectivity index (χ4n) is 3.35. The van der Waals surface area contributed by atoms with Crippen molar-refractivity contribution in [1.29, 1.82) is 0 Å². The van der Waals surface area contributed by atoms with Crippen LogP contribution in [-0.2, 0) is 6.54 Å². The van der Waals surface area contributed by atoms with Crippen molar-refractivity contribution in [3.63, 3.8) is 0 Å². The fourth-order valence-corrected chi connectivity index (χ4v) is 3.35. The molecule has 1 N–H and O–H groups in total. The third kappa shape index (κ3) is 2.35. The number of hydrogen-bond acceptors (Lipinski definition) is 5. The molecule has 0 spiro atoms. The van der Waals surface area contributed by atoms with E-state index in [1.165, 1.54) is 5.56 Å². The second kappa shape index (κ2) is 5.62. The molecule has 1 saturated heterocycles. The number of anilines is 1. The highest BCUT2D eigenvalue weighted by atomic mass is 16.3. The van der Waals surface area contributed by atoms with Crippen LogP contribution in [0.25, 0.3) is 11.2 Å². The third-order valence-corrected chi connectivity index (χ3v) is 4.46. The molecular formula is C17H19N5O. The first-order chi connectivity index (χ1) is 11.3. The molecule has 3 aromatic rings. The van der Waals surface area contributed by atoms with Crippen molar-refractivity contribution in [3.8, 4) is 0 Å². The Kier molecular flexibility index (Phi) is 3.46. The molecule has 2 unspecified atom stereocenters. The highest BCUT2D eigenvalue weighted by molar-refractivity contribution is 5.83. The van der Waals surface area contributed by atoms with Crippen molar-refractivity contribution >= 4 is 17.0 Å². The van der Waals surface area contributed by atoms with Gasteiger partial charge in [-0.1, -0.05) is 30.3 Å². The van der Waals surface area contributed by atoms with E-state index < -0.39 is 0 Å². The van der Waals surface area contributed by atoms with Crippen molar-refractivity contribution in [3.05, 3.63) is 48.5 Å². The zero-order valence-electron chi connectivity index (χ0n) is 13.0. The van der Waals surface area contributed by atoms with E-state index >= 15 is 0 Å². The summed E-state index contributed by atoms with van der Waals surface area (Å²) in [4.78, 5) is 15.5. The SMILES string of the molecule is CCn1cnc2c(N3CC(O)CC3c3ccccc3)ncnc21. The van der Waals surface area contributed by atoms with Gasteiger partial charge in [-0.25, -0.2) is 15.0 Å². The average molecular weight is 309 g/mol. The maximum atomic E-state index is 10.2. The first kappa shape index (κ1) is 14.1. The molecule has 0 saturated carbocycles. The number of aromatic nitrogens is 4. The van der Waals surface area contributed by atoms with E-state index in [1.54, 1.807) is 12.7 Å². The molecule has 2 aromatic heterocycles. The second-order valence-corrected chi connectivity index (χ2v) is 5.87. The molecule has 3 heterocycles. The molecule has 0 bridgehead atoms. The lowest BCUT2D eigenvalue weighted by Crippen LogP contribution is -2.25. The van der Waals surface area contributed by atoms with Crippen molar-refractivity contribution in [1.82, 2.24) is 19.5 Å². The summed E-state index contributed by atoms with van der Waals surface area (Å²) in [6.45, 7) is 3.44. The predicted octanol–water partition coefficient (Wildman–Crippen LogP) is 2.16. The summed E-state index contributed by atoms with van der Waals surface area (Å²) in [5.74, 6) is 0.799. The molecular weight excluding hydrogens is 290 g/mol. The quantitative estimate of drug-likeness (QED) is 0.803. The van der Waals surface area contributed by atoms with Gasteiger partial charge in [-0.2, -0.15) is 0 Å². The van der Waals surface area contributed by atoms with Crippen LogP contribution in [0.15, 0.2) is 43.0 Å². The molecule has 1 aliphatic rings. The second-order valence-electron chi connectivity index (χ2n) is 5.87. The number of benzene rings is 1. The van der Waals surface area contributed by atoms with Gasteiger partial charge in [0.25, 0.3) is 0 Å². The number of aryl methyl sites for hydroxylation is 1. The molecule has 1 aliphatic heterocycles. The highest BCUT2D eigenvalue weighted by Crippen LogP contribution is 2.37. The number of aliphatic hydroxyl groups is 1. The van der Waals surface area contributed by atoms with Crippen molar-refractivity contribution in [2.45, 2.75) is 32.0 Å². The Labute approximate surface area is 134 Å². The first-order valence-electron chi connectivity index (χ1n) is 7.93. The van der Waals surface area contributed by atoms with Crippen molar-refractivity contribution in [2.75, 3.05) is 11.4 Å². The van der Waals surface area contributed by atoms with Crippen LogP contribution >= 0.6 is 0 Å². The molecule has 2 atom stereocenters. The molecule has 1 fully saturated rings. The minimum Gasteiger partial charge on any atom is -0.391 e. The maximum absolute atomic E-state index is 10.2. The van der Waals surface area contributed by atoms with Crippen molar-refractivity contribution < 1.29 is 5.11 Å². The van der Waals surface area contributed by atoms with E-state index in [-0.39, 0.29) is 12.1 Å². The van der Waals surface area contributed by atoms with E-state index in [4.69, 9.17) is 0 Å². The number of nitrogens with zero attached hydrogens (tertiary/aromatic N) is 5. The molecule has 118 valence electrons. The summed E-state index contributed by atoms with van der Waals surface area (Å²) in [6.07, 6.45) is 3.72. The zero-order valence-corrected chi connectivity index (χ0v) is 13.0. The van der Waals surface area contributed by atoms with E-state index in [0.29, 0.717) is 13.0 Å². The Morgan fingerprint density at radius 3 is 2.78 bits per heavy atom. The highest BCUT2D eigenvalue weighted by Gasteiger charge is 2.34. The molecule has 4 rings (SSSR count). The Morgan fingerprint density at radius 2 is 2.00 bits per heavy atom. The Morgan fingerprint density at radius 1 is 1.17 bits per heavy atom. The van der Waals surface area contributed by atoms with Crippen molar-refractivity contribution in [2.24, 2.45) is 0 Å². The van der Waals surface area contributed by atoms with Crippen LogP contribution in [0.3, 0.4) is 0 Å². The van der Waals surface area contributed by atoms with E-state index in [1.807, 2.05) is 22.8 Å². The van der Waals surface area contributed by atoms with Gasteiger partial charge in [-0.05, 0) is 18.9 Å². The number of hydrogen-bond donors (Lipinski definition) is 1. The van der Waals surface area contributed by atoms with Gasteiger partial charge < -0.3 is 14.6 Å². The van der Waals surface area contributed by atoms with Gasteiger partial charge in [0.15, 0.2) is 17.0 Å². The van der Waals surface area contributed by atoms with E-state index in [0.717, 1.165) is 23.5 Å². The molecule has 23 heavy (non-hydrogen) atoms. The van der Waals surface area contributed by atoms with E-state index in [9.17, 15) is 5.11 Å². The van der Waals surface area contributed by atoms with Crippen LogP contribution in [0.5, 0.6) is 0 Å². The fraction of sp³-hybridized carbons (Fsp3) is 0.353. The lowest BCUT2D eigenvalue weighted by Gasteiger charge is -2.25. The summed E-state index contributed by atoms with van der Waals surface area (Å²) < 4.78 is 2.00. The third-order valence-electron chi connectivity index (χ3n) is 4.46. The standard InChI is InChI=1S/C17H19N5O/c1-2-21-11-20-15-16(21)18-10-19-17(15)22-9-13(23)8-14(22)12-6-4-3-5-7-12/h3-7,10-11,13-14,23H,2,8-9H2,1H3. The lowest BCUT2D eigenvalue weighted by molar-refractivity contribution is 0.194. The predicted molar refractivity (Wildman–Crippen MR) is 88.1 cm³/mol. The van der Waals surface area contributed by atoms with Gasteiger partial charge >= 0.3 is 0 Å². The van der Waals surface area contributed by atoms with E-state index in [2.05, 4.69) is 38.9 Å². The monoisotopic (exact) mass is 309 g/mol. The summed E-state index contributed by atoms with van der Waals surface area (Å²) in [5, 5.41) is 10.2. The van der Waals surface area contributed by atoms with Gasteiger partial charge in [0, 0.05) is 13.1 Å². The number of imidazole rings is 1. The van der Waals surface area contributed by atoms with Crippen LogP contribution in [0, 0.1) is 0 Å². The summed E-state index contributed by atoms with van der Waals surface area (Å²) in [7, 11) is 0. The van der Waals surface area contributed by atoms with Gasteiger partial charge in [-0.15, -0.1) is 0 Å². The van der Waals surface area contributed by atoms with Crippen LogP contribution in [0.4, 0.5) is 5.82 Å². The minimum atomic E-state index is -0.363. The molecule has 0 radical (unpaired) electrons. The topological polar surface area (TPSA) is 67.1 Å². The largest absolute Gasteiger partial charge is 0.391 e. The maximum Gasteiger partial charge on any atom is 0.165 e. The molecule has 6 heteroatoms. The summed E-state index contributed by atoms with van der Waals surface area (Å²) >= 11 is 0. The Balaban J connectivity index is 1.81. The Bertz CT molecular complexity index is 816. The molecule has 6 nitrogen and oxygen atoms in total. The summed E-state index contributed by atoms with van der Waals surface area (Å²) in [5.41, 5.74) is 2.82. The van der Waals surface area contributed by atoms with Crippen LogP contribution in [0.1, 0.15) is 24.9 Å². The number of fused-ring (bicyclic) bond motifs is 1. The number of rotatable bonds is 3.